The van der Waals surface area contributed by atoms with Gasteiger partial charge < -0.3 is 15.4 Å². The number of likely N-dealkylation sites (N-methyl/N-ethyl adjacent to an activating group) is 1. The number of amides is 1. The molecule has 1 amide bonds. The molecule has 0 bridgehead atoms. The Labute approximate surface area is 117 Å². The van der Waals surface area contributed by atoms with Crippen molar-refractivity contribution in [3.05, 3.63) is 36.5 Å². The fourth-order valence-electron chi connectivity index (χ4n) is 2.47. The van der Waals surface area contributed by atoms with Crippen molar-refractivity contribution in [1.29, 1.82) is 0 Å². The molecule has 2 aromatic rings. The fraction of sp³-hybridized carbons (Fsp3) is 0.333. The molecule has 104 valence electrons. The molecule has 0 spiro atoms. The maximum atomic E-state index is 12.3. The molecule has 2 N–H and O–H groups in total. The normalized spacial score (nSPS) is 22.1. The first kappa shape index (κ1) is 13.0. The monoisotopic (exact) mass is 271 g/mol. The average molecular weight is 271 g/mol. The van der Waals surface area contributed by atoms with Crippen LogP contribution in [0.1, 0.15) is 0 Å². The maximum absolute atomic E-state index is 12.3. The van der Waals surface area contributed by atoms with Gasteiger partial charge in [0.2, 0.25) is 5.91 Å². The Bertz CT molecular complexity index is 629. The molecule has 1 saturated heterocycles. The molecular weight excluding hydrogens is 254 g/mol. The number of fused-ring (bicyclic) bond motifs is 1. The van der Waals surface area contributed by atoms with Crippen LogP contribution in [0.3, 0.4) is 0 Å². The van der Waals surface area contributed by atoms with Gasteiger partial charge in [-0.3, -0.25) is 9.78 Å². The summed E-state index contributed by atoms with van der Waals surface area (Å²) < 4.78 is 5.35. The van der Waals surface area contributed by atoms with Crippen LogP contribution in [0.5, 0.6) is 0 Å². The van der Waals surface area contributed by atoms with Gasteiger partial charge in [-0.1, -0.05) is 18.2 Å². The van der Waals surface area contributed by atoms with Gasteiger partial charge in [0.05, 0.1) is 36.5 Å². The lowest BCUT2D eigenvalue weighted by Gasteiger charge is -2.16. The second kappa shape index (κ2) is 5.56. The van der Waals surface area contributed by atoms with E-state index in [1.807, 2.05) is 37.4 Å². The molecule has 2 atom stereocenters. The zero-order valence-electron chi connectivity index (χ0n) is 11.3. The van der Waals surface area contributed by atoms with Crippen molar-refractivity contribution >= 4 is 22.5 Å². The number of para-hydroxylation sites is 1. The molecule has 3 rings (SSSR count). The third-order valence-electron chi connectivity index (χ3n) is 3.65. The molecule has 1 aromatic carbocycles. The third kappa shape index (κ3) is 2.50. The topological polar surface area (TPSA) is 63.2 Å². The first-order valence-electron chi connectivity index (χ1n) is 6.68. The number of benzene rings is 1. The number of ether oxygens (including phenoxy) is 1. The molecule has 1 aromatic heterocycles. The van der Waals surface area contributed by atoms with E-state index in [2.05, 4.69) is 15.6 Å². The molecule has 2 unspecified atom stereocenters. The van der Waals surface area contributed by atoms with Gasteiger partial charge in [-0.2, -0.15) is 0 Å². The van der Waals surface area contributed by atoms with E-state index < -0.39 is 0 Å². The van der Waals surface area contributed by atoms with Gasteiger partial charge in [-0.25, -0.2) is 0 Å². The molecule has 0 saturated carbocycles. The van der Waals surface area contributed by atoms with Crippen LogP contribution in [-0.4, -0.2) is 37.2 Å². The van der Waals surface area contributed by atoms with Gasteiger partial charge in [0.15, 0.2) is 0 Å². The van der Waals surface area contributed by atoms with Crippen LogP contribution in [0.2, 0.25) is 0 Å². The smallest absolute Gasteiger partial charge is 0.231 e. The number of rotatable bonds is 3. The Morgan fingerprint density at radius 2 is 2.20 bits per heavy atom. The van der Waals surface area contributed by atoms with E-state index in [1.54, 1.807) is 6.20 Å². The van der Waals surface area contributed by atoms with E-state index in [9.17, 15) is 4.79 Å². The summed E-state index contributed by atoms with van der Waals surface area (Å²) in [5, 5.41) is 7.04. The van der Waals surface area contributed by atoms with Crippen LogP contribution in [-0.2, 0) is 9.53 Å². The summed E-state index contributed by atoms with van der Waals surface area (Å²) in [5.41, 5.74) is 1.64. The molecule has 0 radical (unpaired) electrons. The van der Waals surface area contributed by atoms with Crippen molar-refractivity contribution in [2.45, 2.75) is 6.04 Å². The van der Waals surface area contributed by atoms with Crippen molar-refractivity contribution in [2.24, 2.45) is 5.92 Å². The minimum Gasteiger partial charge on any atom is -0.379 e. The molecule has 5 heteroatoms. The maximum Gasteiger partial charge on any atom is 0.231 e. The van der Waals surface area contributed by atoms with Crippen LogP contribution in [0.25, 0.3) is 10.9 Å². The van der Waals surface area contributed by atoms with Crippen LogP contribution in [0.15, 0.2) is 36.5 Å². The summed E-state index contributed by atoms with van der Waals surface area (Å²) in [6.07, 6.45) is 1.68. The number of nitrogens with one attached hydrogen (secondary N) is 2. The second-order valence-electron chi connectivity index (χ2n) is 4.95. The zero-order valence-corrected chi connectivity index (χ0v) is 11.3. The van der Waals surface area contributed by atoms with Crippen molar-refractivity contribution in [2.75, 3.05) is 25.6 Å². The molecule has 2 heterocycles. The van der Waals surface area contributed by atoms with E-state index in [1.165, 1.54) is 0 Å². The molecule has 1 aliphatic heterocycles. The highest BCUT2D eigenvalue weighted by molar-refractivity contribution is 5.95. The Hall–Kier alpha value is -1.98. The van der Waals surface area contributed by atoms with Gasteiger partial charge >= 0.3 is 0 Å². The minimum atomic E-state index is -0.161. The number of hydrogen-bond donors (Lipinski definition) is 2. The molecule has 5 nitrogen and oxygen atoms in total. The van der Waals surface area contributed by atoms with Gasteiger partial charge in [-0.05, 0) is 19.2 Å². The van der Waals surface area contributed by atoms with Gasteiger partial charge in [0.25, 0.3) is 0 Å². The second-order valence-corrected chi connectivity index (χ2v) is 4.95. The van der Waals surface area contributed by atoms with Gasteiger partial charge in [0, 0.05) is 11.4 Å². The number of hydrogen-bond acceptors (Lipinski definition) is 4. The highest BCUT2D eigenvalue weighted by Gasteiger charge is 2.32. The molecule has 1 aliphatic rings. The zero-order chi connectivity index (χ0) is 13.9. The molecular formula is C15H17N3O2. The molecule has 0 aliphatic carbocycles. The molecule has 1 fully saturated rings. The van der Waals surface area contributed by atoms with Crippen molar-refractivity contribution in [3.63, 3.8) is 0 Å². The fourth-order valence-corrected chi connectivity index (χ4v) is 2.47. The van der Waals surface area contributed by atoms with E-state index in [0.717, 1.165) is 16.6 Å². The standard InChI is InChI=1S/C15H17N3O2/c1-16-14-9-20-8-12(14)15(19)18-11-6-10-4-2-3-5-13(10)17-7-11/h2-7,12,14,16H,8-9H2,1H3,(H,18,19). The lowest BCUT2D eigenvalue weighted by Crippen LogP contribution is -2.39. The summed E-state index contributed by atoms with van der Waals surface area (Å²) in [5.74, 6) is -0.189. The summed E-state index contributed by atoms with van der Waals surface area (Å²) in [6.45, 7) is 1.03. The Morgan fingerprint density at radius 3 is 3.05 bits per heavy atom. The number of anilines is 1. The SMILES string of the molecule is CNC1COCC1C(=O)Nc1cnc2ccccc2c1. The third-order valence-corrected chi connectivity index (χ3v) is 3.65. The van der Waals surface area contributed by atoms with Crippen LogP contribution < -0.4 is 10.6 Å². The number of pyridine rings is 1. The first-order chi connectivity index (χ1) is 9.78. The van der Waals surface area contributed by atoms with Crippen molar-refractivity contribution in [3.8, 4) is 0 Å². The number of carbonyl (C=O) groups is 1. The average Bonchev–Trinajstić information content (AvgIpc) is 2.95. The summed E-state index contributed by atoms with van der Waals surface area (Å²) in [7, 11) is 1.84. The van der Waals surface area contributed by atoms with E-state index in [0.29, 0.717) is 13.2 Å². The van der Waals surface area contributed by atoms with Crippen molar-refractivity contribution < 1.29 is 9.53 Å². The number of nitrogens with zero attached hydrogens (tertiary/aromatic N) is 1. The molecule has 20 heavy (non-hydrogen) atoms. The van der Waals surface area contributed by atoms with Crippen LogP contribution in [0.4, 0.5) is 5.69 Å². The summed E-state index contributed by atoms with van der Waals surface area (Å²) in [4.78, 5) is 16.6. The Morgan fingerprint density at radius 1 is 1.35 bits per heavy atom. The quantitative estimate of drug-likeness (QED) is 0.886. The van der Waals surface area contributed by atoms with Crippen molar-refractivity contribution in [1.82, 2.24) is 10.3 Å². The number of aromatic nitrogens is 1. The lowest BCUT2D eigenvalue weighted by atomic mass is 10.0. The van der Waals surface area contributed by atoms with Crippen LogP contribution in [0, 0.1) is 5.92 Å². The van der Waals surface area contributed by atoms with E-state index >= 15 is 0 Å². The van der Waals surface area contributed by atoms with Gasteiger partial charge in [-0.15, -0.1) is 0 Å². The summed E-state index contributed by atoms with van der Waals surface area (Å²) in [6, 6.07) is 9.84. The predicted molar refractivity (Wildman–Crippen MR) is 77.5 cm³/mol. The highest BCUT2D eigenvalue weighted by atomic mass is 16.5. The minimum absolute atomic E-state index is 0.0288. The largest absolute Gasteiger partial charge is 0.379 e. The predicted octanol–water partition coefficient (Wildman–Crippen LogP) is 1.41. The highest BCUT2D eigenvalue weighted by Crippen LogP contribution is 2.19. The van der Waals surface area contributed by atoms with E-state index in [-0.39, 0.29) is 17.9 Å². The summed E-state index contributed by atoms with van der Waals surface area (Å²) >= 11 is 0. The Balaban J connectivity index is 1.77. The Kier molecular flexibility index (Phi) is 3.62. The lowest BCUT2D eigenvalue weighted by molar-refractivity contribution is -0.120. The number of carbonyl (C=O) groups excluding carboxylic acids is 1. The van der Waals surface area contributed by atoms with Crippen LogP contribution >= 0.6 is 0 Å². The van der Waals surface area contributed by atoms with E-state index in [4.69, 9.17) is 4.74 Å². The van der Waals surface area contributed by atoms with Gasteiger partial charge in [0.1, 0.15) is 0 Å². The first-order valence-corrected chi connectivity index (χ1v) is 6.68.